The van der Waals surface area contributed by atoms with Crippen molar-refractivity contribution in [2.45, 2.75) is 25.3 Å². The maximum Gasteiger partial charge on any atom is 0.118 e. The number of hydrogen-bond donors (Lipinski definition) is 1. The van der Waals surface area contributed by atoms with Gasteiger partial charge < -0.3 is 9.73 Å². The number of thioether (sulfide) groups is 1. The van der Waals surface area contributed by atoms with Crippen LogP contribution in [0.15, 0.2) is 45.3 Å². The van der Waals surface area contributed by atoms with Crippen LogP contribution in [0.3, 0.4) is 0 Å². The highest BCUT2D eigenvalue weighted by molar-refractivity contribution is 9.10. The molecular weight excluding hydrogens is 322 g/mol. The van der Waals surface area contributed by atoms with Crippen LogP contribution < -0.4 is 5.32 Å². The predicted octanol–water partition coefficient (Wildman–Crippen LogP) is 4.76. The first-order valence-corrected chi connectivity index (χ1v) is 8.43. The third-order valence-electron chi connectivity index (χ3n) is 2.94. The van der Waals surface area contributed by atoms with Gasteiger partial charge in [0.2, 0.25) is 0 Å². The third kappa shape index (κ3) is 4.41. The lowest BCUT2D eigenvalue weighted by molar-refractivity contribution is 0.442. The number of rotatable bonds is 6. The van der Waals surface area contributed by atoms with Gasteiger partial charge in [-0.1, -0.05) is 28.1 Å². The van der Waals surface area contributed by atoms with Crippen LogP contribution in [-0.4, -0.2) is 6.26 Å². The number of nitrogens with one attached hydrogen (secondary N) is 1. The molecule has 1 aromatic heterocycles. The van der Waals surface area contributed by atoms with Crippen LogP contribution >= 0.6 is 27.7 Å². The second-order valence-corrected chi connectivity index (χ2v) is 6.24. The van der Waals surface area contributed by atoms with Crippen molar-refractivity contribution in [3.8, 4) is 0 Å². The van der Waals surface area contributed by atoms with Gasteiger partial charge in [-0.3, -0.25) is 0 Å². The number of furan rings is 1. The van der Waals surface area contributed by atoms with Gasteiger partial charge in [-0.15, -0.1) is 0 Å². The van der Waals surface area contributed by atoms with E-state index < -0.39 is 0 Å². The van der Waals surface area contributed by atoms with Gasteiger partial charge in [0, 0.05) is 10.5 Å². The zero-order valence-electron chi connectivity index (χ0n) is 11.2. The van der Waals surface area contributed by atoms with Gasteiger partial charge in [0.1, 0.15) is 11.5 Å². The molecule has 0 saturated carbocycles. The second-order valence-electron chi connectivity index (χ2n) is 4.46. The SMILES string of the molecule is CSCc1ccc(CNC(C)c2cccc(Br)c2)o1. The van der Waals surface area contributed by atoms with E-state index in [1.165, 1.54) is 5.56 Å². The van der Waals surface area contributed by atoms with Gasteiger partial charge in [-0.2, -0.15) is 11.8 Å². The lowest BCUT2D eigenvalue weighted by atomic mass is 10.1. The van der Waals surface area contributed by atoms with E-state index in [9.17, 15) is 0 Å². The molecule has 0 spiro atoms. The van der Waals surface area contributed by atoms with Crippen LogP contribution in [0.25, 0.3) is 0 Å². The normalized spacial score (nSPS) is 12.6. The first-order chi connectivity index (χ1) is 9.19. The van der Waals surface area contributed by atoms with Crippen molar-refractivity contribution in [1.29, 1.82) is 0 Å². The van der Waals surface area contributed by atoms with Crippen LogP contribution in [0.5, 0.6) is 0 Å². The monoisotopic (exact) mass is 339 g/mol. The molecule has 0 amide bonds. The molecule has 1 aromatic carbocycles. The lowest BCUT2D eigenvalue weighted by Crippen LogP contribution is -2.17. The molecule has 1 atom stereocenters. The van der Waals surface area contributed by atoms with Crippen molar-refractivity contribution in [1.82, 2.24) is 5.32 Å². The Morgan fingerprint density at radius 1 is 1.26 bits per heavy atom. The van der Waals surface area contributed by atoms with E-state index in [2.05, 4.69) is 58.7 Å². The van der Waals surface area contributed by atoms with Crippen molar-refractivity contribution < 1.29 is 4.42 Å². The highest BCUT2D eigenvalue weighted by Crippen LogP contribution is 2.19. The summed E-state index contributed by atoms with van der Waals surface area (Å²) >= 11 is 5.27. The highest BCUT2D eigenvalue weighted by Gasteiger charge is 2.07. The Balaban J connectivity index is 1.90. The van der Waals surface area contributed by atoms with Gasteiger partial charge in [0.05, 0.1) is 12.3 Å². The largest absolute Gasteiger partial charge is 0.464 e. The number of benzene rings is 1. The quantitative estimate of drug-likeness (QED) is 0.821. The van der Waals surface area contributed by atoms with Crippen molar-refractivity contribution in [2.75, 3.05) is 6.26 Å². The maximum atomic E-state index is 5.74. The molecule has 2 aromatic rings. The van der Waals surface area contributed by atoms with Crippen LogP contribution in [0.4, 0.5) is 0 Å². The van der Waals surface area contributed by atoms with Crippen LogP contribution in [-0.2, 0) is 12.3 Å². The third-order valence-corrected chi connectivity index (χ3v) is 4.00. The number of hydrogen-bond acceptors (Lipinski definition) is 3. The van der Waals surface area contributed by atoms with Crippen LogP contribution in [0.1, 0.15) is 30.0 Å². The smallest absolute Gasteiger partial charge is 0.118 e. The maximum absolute atomic E-state index is 5.74. The molecule has 0 aliphatic heterocycles. The Labute approximate surface area is 127 Å². The summed E-state index contributed by atoms with van der Waals surface area (Å²) in [7, 11) is 0. The predicted molar refractivity (Wildman–Crippen MR) is 85.3 cm³/mol. The molecule has 0 fully saturated rings. The number of halogens is 1. The highest BCUT2D eigenvalue weighted by atomic mass is 79.9. The van der Waals surface area contributed by atoms with E-state index in [1.54, 1.807) is 11.8 Å². The molecule has 2 nitrogen and oxygen atoms in total. The van der Waals surface area contributed by atoms with Crippen molar-refractivity contribution in [3.63, 3.8) is 0 Å². The summed E-state index contributed by atoms with van der Waals surface area (Å²) in [6, 6.07) is 12.8. The Kier molecular flexibility index (Phi) is 5.55. The molecule has 0 radical (unpaired) electrons. The molecule has 2 rings (SSSR count). The molecular formula is C15H18BrNOS. The Bertz CT molecular complexity index is 526. The zero-order chi connectivity index (χ0) is 13.7. The van der Waals surface area contributed by atoms with E-state index in [4.69, 9.17) is 4.42 Å². The summed E-state index contributed by atoms with van der Waals surface area (Å²) in [6.45, 7) is 2.91. The van der Waals surface area contributed by atoms with Gasteiger partial charge >= 0.3 is 0 Å². The minimum Gasteiger partial charge on any atom is -0.464 e. The van der Waals surface area contributed by atoms with E-state index in [0.717, 1.165) is 28.3 Å². The molecule has 0 aliphatic carbocycles. The molecule has 1 heterocycles. The van der Waals surface area contributed by atoms with E-state index in [0.29, 0.717) is 6.04 Å². The summed E-state index contributed by atoms with van der Waals surface area (Å²) in [6.07, 6.45) is 2.08. The molecule has 4 heteroatoms. The van der Waals surface area contributed by atoms with E-state index in [-0.39, 0.29) is 0 Å². The summed E-state index contributed by atoms with van der Waals surface area (Å²) in [5.74, 6) is 2.96. The Morgan fingerprint density at radius 3 is 2.79 bits per heavy atom. The summed E-state index contributed by atoms with van der Waals surface area (Å²) in [5.41, 5.74) is 1.27. The average molecular weight is 340 g/mol. The standard InChI is InChI=1S/C15H18BrNOS/c1-11(12-4-3-5-13(16)8-12)17-9-14-6-7-15(18-14)10-19-2/h3-8,11,17H,9-10H2,1-2H3. The van der Waals surface area contributed by atoms with Gasteiger partial charge in [-0.05, 0) is 43.0 Å². The summed E-state index contributed by atoms with van der Waals surface area (Å²) in [4.78, 5) is 0. The van der Waals surface area contributed by atoms with Gasteiger partial charge in [0.25, 0.3) is 0 Å². The van der Waals surface area contributed by atoms with E-state index in [1.807, 2.05) is 12.1 Å². The molecule has 1 unspecified atom stereocenters. The molecule has 0 aliphatic rings. The lowest BCUT2D eigenvalue weighted by Gasteiger charge is -2.13. The van der Waals surface area contributed by atoms with Gasteiger partial charge in [-0.25, -0.2) is 0 Å². The summed E-state index contributed by atoms with van der Waals surface area (Å²) < 4.78 is 6.85. The van der Waals surface area contributed by atoms with Crippen molar-refractivity contribution >= 4 is 27.7 Å². The fraction of sp³-hybridized carbons (Fsp3) is 0.333. The molecule has 19 heavy (non-hydrogen) atoms. The molecule has 0 bridgehead atoms. The second kappa shape index (κ2) is 7.17. The van der Waals surface area contributed by atoms with Crippen LogP contribution in [0.2, 0.25) is 0 Å². The van der Waals surface area contributed by atoms with Gasteiger partial charge in [0.15, 0.2) is 0 Å². The minimum atomic E-state index is 0.298. The molecule has 1 N–H and O–H groups in total. The molecule has 102 valence electrons. The average Bonchev–Trinajstić information content (AvgIpc) is 2.84. The topological polar surface area (TPSA) is 25.2 Å². The fourth-order valence-corrected chi connectivity index (χ4v) is 2.74. The van der Waals surface area contributed by atoms with Crippen molar-refractivity contribution in [2.24, 2.45) is 0 Å². The zero-order valence-corrected chi connectivity index (χ0v) is 13.6. The molecule has 0 saturated heterocycles. The van der Waals surface area contributed by atoms with Crippen LogP contribution in [0, 0.1) is 0 Å². The minimum absolute atomic E-state index is 0.298. The Hall–Kier alpha value is -0.710. The Morgan fingerprint density at radius 2 is 2.05 bits per heavy atom. The summed E-state index contributed by atoms with van der Waals surface area (Å²) in [5, 5.41) is 3.48. The fourth-order valence-electron chi connectivity index (χ4n) is 1.88. The van der Waals surface area contributed by atoms with E-state index >= 15 is 0 Å². The van der Waals surface area contributed by atoms with Crippen molar-refractivity contribution in [3.05, 3.63) is 58.0 Å². The first-order valence-electron chi connectivity index (χ1n) is 6.24. The first kappa shape index (κ1) is 14.7.